The Labute approximate surface area is 394 Å². The van der Waals surface area contributed by atoms with Crippen LogP contribution in [0.4, 0.5) is 0 Å². The maximum atomic E-state index is 12.9. The molecule has 0 aliphatic carbocycles. The number of likely N-dealkylation sites (N-methyl/N-ethyl adjacent to an activating group) is 1. The number of carbonyl (C=O) groups is 4. The van der Waals surface area contributed by atoms with E-state index >= 15 is 0 Å². The molecular weight excluding hydrogens is 807 g/mol. The Balaban J connectivity index is 4.41. The van der Waals surface area contributed by atoms with Gasteiger partial charge in [0.05, 0.1) is 31.7 Å². The zero-order chi connectivity index (χ0) is 47.1. The van der Waals surface area contributed by atoms with Gasteiger partial charge in [0.25, 0.3) is 0 Å². The van der Waals surface area contributed by atoms with Crippen LogP contribution in [0.25, 0.3) is 0 Å². The van der Waals surface area contributed by atoms with Crippen LogP contribution in [0.5, 0.6) is 0 Å². The van der Waals surface area contributed by atoms with E-state index in [9.17, 15) is 24.3 Å². The summed E-state index contributed by atoms with van der Waals surface area (Å²) in [5.41, 5.74) is 0. The molecule has 1 unspecified atom stereocenters. The molecule has 10 nitrogen and oxygen atoms in total. The van der Waals surface area contributed by atoms with Gasteiger partial charge in [-0.2, -0.15) is 0 Å². The van der Waals surface area contributed by atoms with Crippen molar-refractivity contribution >= 4 is 23.9 Å². The molecule has 0 aromatic carbocycles. The number of aliphatic hydroxyl groups is 1. The molecule has 0 bridgehead atoms. The van der Waals surface area contributed by atoms with Gasteiger partial charge < -0.3 is 29.0 Å². The fraction of sp³-hybridized carbons (Fsp3) is 0.926. The van der Waals surface area contributed by atoms with Gasteiger partial charge in [0.15, 0.2) is 0 Å². The van der Waals surface area contributed by atoms with E-state index in [1.807, 2.05) is 11.9 Å². The van der Waals surface area contributed by atoms with Crippen LogP contribution in [0.1, 0.15) is 259 Å². The van der Waals surface area contributed by atoms with E-state index in [1.165, 1.54) is 103 Å². The Morgan fingerprint density at radius 3 is 1.19 bits per heavy atom. The van der Waals surface area contributed by atoms with E-state index in [-0.39, 0.29) is 48.9 Å². The number of hydrogen-bond acceptors (Lipinski definition) is 10. The quantitative estimate of drug-likeness (QED) is 0.0358. The van der Waals surface area contributed by atoms with E-state index in [2.05, 4.69) is 27.7 Å². The number of unbranched alkanes of at least 4 members (excludes halogenated alkanes) is 24. The minimum atomic E-state index is -0.608. The molecule has 0 aliphatic rings. The number of hydrogen-bond donors (Lipinski definition) is 1. The maximum absolute atomic E-state index is 12.9. The van der Waals surface area contributed by atoms with Crippen LogP contribution >= 0.6 is 0 Å². The first-order chi connectivity index (χ1) is 31.2. The predicted octanol–water partition coefficient (Wildman–Crippen LogP) is 13.8. The molecule has 0 saturated carbocycles. The van der Waals surface area contributed by atoms with Crippen LogP contribution in [0.3, 0.4) is 0 Å². The highest BCUT2D eigenvalue weighted by molar-refractivity contribution is 5.73. The van der Waals surface area contributed by atoms with E-state index in [0.29, 0.717) is 52.0 Å². The Bertz CT molecular complexity index is 1070. The lowest BCUT2D eigenvalue weighted by Gasteiger charge is -2.23. The zero-order valence-electron chi connectivity index (χ0n) is 42.6. The van der Waals surface area contributed by atoms with Crippen molar-refractivity contribution in [1.82, 2.24) is 4.90 Å². The van der Waals surface area contributed by atoms with Crippen LogP contribution in [-0.4, -0.2) is 86.6 Å². The van der Waals surface area contributed by atoms with Gasteiger partial charge >= 0.3 is 23.9 Å². The minimum absolute atomic E-state index is 0.0125. The molecule has 0 rings (SSSR count). The first-order valence-corrected chi connectivity index (χ1v) is 27.2. The summed E-state index contributed by atoms with van der Waals surface area (Å²) in [4.78, 5) is 53.1. The van der Waals surface area contributed by atoms with E-state index in [1.54, 1.807) is 0 Å². The lowest BCUT2D eigenvalue weighted by atomic mass is 9.94. The summed E-state index contributed by atoms with van der Waals surface area (Å²) in [7, 11) is 1.84. The summed E-state index contributed by atoms with van der Waals surface area (Å²) in [6.07, 6.45) is 36.6. The van der Waals surface area contributed by atoms with Gasteiger partial charge in [0, 0.05) is 25.9 Å². The number of carbonyl (C=O) groups excluding carboxylic acids is 4. The summed E-state index contributed by atoms with van der Waals surface area (Å²) in [6.45, 7) is 10.6. The molecule has 0 aromatic rings. The molecule has 0 amide bonds. The minimum Gasteiger partial charge on any atom is -0.465 e. The summed E-state index contributed by atoms with van der Waals surface area (Å²) < 4.78 is 22.8. The van der Waals surface area contributed by atoms with Crippen LogP contribution < -0.4 is 0 Å². The smallest absolute Gasteiger partial charge is 0.308 e. The summed E-state index contributed by atoms with van der Waals surface area (Å²) in [5, 5.41) is 9.38. The van der Waals surface area contributed by atoms with Gasteiger partial charge in [0.2, 0.25) is 0 Å². The van der Waals surface area contributed by atoms with Crippen molar-refractivity contribution in [3.8, 4) is 0 Å². The average molecular weight is 910 g/mol. The number of rotatable bonds is 49. The number of esters is 4. The summed E-state index contributed by atoms with van der Waals surface area (Å²) in [6, 6.07) is 0. The molecule has 64 heavy (non-hydrogen) atoms. The average Bonchev–Trinajstić information content (AvgIpc) is 3.28. The van der Waals surface area contributed by atoms with Gasteiger partial charge in [-0.15, -0.1) is 0 Å². The van der Waals surface area contributed by atoms with E-state index in [0.717, 1.165) is 103 Å². The molecule has 3 atom stereocenters. The Morgan fingerprint density at radius 1 is 0.438 bits per heavy atom. The molecule has 0 heterocycles. The van der Waals surface area contributed by atoms with Crippen LogP contribution in [0, 0.1) is 11.8 Å². The van der Waals surface area contributed by atoms with Gasteiger partial charge in [-0.1, -0.05) is 195 Å². The van der Waals surface area contributed by atoms with Gasteiger partial charge in [-0.3, -0.25) is 19.2 Å². The monoisotopic (exact) mass is 910 g/mol. The molecule has 0 fully saturated rings. The standard InChI is InChI=1S/C54H103NO9/c1-6-10-14-18-22-30-38-48(36-28-16-12-8-3)53(59)61-44-34-26-20-24-32-40-51(57)63-47-50(46-55(5)42-43-56)64-52(58)41-33-25-21-27-35-45-62-54(60)49(37-29-17-13-9-4)39-31-23-19-15-11-7-2/h48-50,56H,6-47H2,1-5H3/t48-,49+,50?/m1/s1. The Hall–Kier alpha value is -2.20. The molecule has 378 valence electrons. The Morgan fingerprint density at radius 2 is 0.781 bits per heavy atom. The molecule has 0 radical (unpaired) electrons. The molecule has 1 N–H and O–H groups in total. The third kappa shape index (κ3) is 40.1. The zero-order valence-corrected chi connectivity index (χ0v) is 42.6. The van der Waals surface area contributed by atoms with Gasteiger partial charge in [-0.25, -0.2) is 0 Å². The molecule has 10 heteroatoms. The fourth-order valence-corrected chi connectivity index (χ4v) is 8.36. The van der Waals surface area contributed by atoms with E-state index in [4.69, 9.17) is 18.9 Å². The largest absolute Gasteiger partial charge is 0.465 e. The van der Waals surface area contributed by atoms with Crippen molar-refractivity contribution in [2.75, 3.05) is 46.6 Å². The second kappa shape index (κ2) is 47.3. The first kappa shape index (κ1) is 61.8. The second-order valence-corrected chi connectivity index (χ2v) is 18.9. The molecule has 0 spiro atoms. The Kier molecular flexibility index (Phi) is 45.7. The van der Waals surface area contributed by atoms with Crippen molar-refractivity contribution in [1.29, 1.82) is 0 Å². The fourth-order valence-electron chi connectivity index (χ4n) is 8.36. The predicted molar refractivity (Wildman–Crippen MR) is 263 cm³/mol. The van der Waals surface area contributed by atoms with E-state index < -0.39 is 6.10 Å². The lowest BCUT2D eigenvalue weighted by molar-refractivity contribution is -0.160. The molecule has 0 saturated heterocycles. The summed E-state index contributed by atoms with van der Waals surface area (Å²) >= 11 is 0. The highest BCUT2D eigenvalue weighted by Gasteiger charge is 2.22. The SMILES string of the molecule is CCCCCCCC[C@@H](CCCCCC)C(=O)OCCCCCCCC(=O)OCC(CN(C)CCO)OC(=O)CCCCCCCOC(=O)[C@@H](CCCCCC)CCCCCCCC. The van der Waals surface area contributed by atoms with Crippen molar-refractivity contribution in [2.24, 2.45) is 11.8 Å². The molecule has 0 aliphatic heterocycles. The van der Waals surface area contributed by atoms with Crippen LogP contribution in [0.2, 0.25) is 0 Å². The lowest BCUT2D eigenvalue weighted by Crippen LogP contribution is -2.37. The molecule has 0 aromatic heterocycles. The third-order valence-electron chi connectivity index (χ3n) is 12.6. The highest BCUT2D eigenvalue weighted by atomic mass is 16.6. The number of nitrogens with zero attached hydrogens (tertiary/aromatic N) is 1. The number of aliphatic hydroxyl groups excluding tert-OH is 1. The first-order valence-electron chi connectivity index (χ1n) is 27.2. The maximum Gasteiger partial charge on any atom is 0.308 e. The highest BCUT2D eigenvalue weighted by Crippen LogP contribution is 2.22. The number of ether oxygens (including phenoxy) is 4. The van der Waals surface area contributed by atoms with Crippen molar-refractivity contribution < 1.29 is 43.2 Å². The normalized spacial score (nSPS) is 12.9. The van der Waals surface area contributed by atoms with Crippen molar-refractivity contribution in [3.63, 3.8) is 0 Å². The summed E-state index contributed by atoms with van der Waals surface area (Å²) in [5.74, 6) is -0.595. The topological polar surface area (TPSA) is 129 Å². The van der Waals surface area contributed by atoms with Crippen molar-refractivity contribution in [2.45, 2.75) is 265 Å². The van der Waals surface area contributed by atoms with Gasteiger partial charge in [0.1, 0.15) is 12.7 Å². The van der Waals surface area contributed by atoms with Crippen LogP contribution in [0.15, 0.2) is 0 Å². The van der Waals surface area contributed by atoms with Gasteiger partial charge in [-0.05, 0) is 58.4 Å². The third-order valence-corrected chi connectivity index (χ3v) is 12.6. The van der Waals surface area contributed by atoms with Crippen LogP contribution in [-0.2, 0) is 38.1 Å². The van der Waals surface area contributed by atoms with Crippen molar-refractivity contribution in [3.05, 3.63) is 0 Å². The second-order valence-electron chi connectivity index (χ2n) is 18.9. The molecular formula is C54H103NO9.